The van der Waals surface area contributed by atoms with Crippen LogP contribution in [-0.2, 0) is 4.79 Å². The standard InChI is InChI=1S/C17H26N4O2/c1-12(22)21-7-3-4-14(11-21)15-10-16(23)19-17(18-15)13-5-8-20(2)9-6-13/h10,13-14H,3-9,11H2,1-2H3,(H,18,19,23). The van der Waals surface area contributed by atoms with E-state index in [1.807, 2.05) is 4.90 Å². The maximum atomic E-state index is 12.1. The molecule has 0 spiro atoms. The van der Waals surface area contributed by atoms with Gasteiger partial charge in [0.05, 0.1) is 5.69 Å². The summed E-state index contributed by atoms with van der Waals surface area (Å²) in [7, 11) is 2.13. The van der Waals surface area contributed by atoms with Gasteiger partial charge in [0.15, 0.2) is 0 Å². The van der Waals surface area contributed by atoms with Crippen molar-refractivity contribution >= 4 is 5.91 Å². The summed E-state index contributed by atoms with van der Waals surface area (Å²) >= 11 is 0. The fourth-order valence-corrected chi connectivity index (χ4v) is 3.69. The summed E-state index contributed by atoms with van der Waals surface area (Å²) < 4.78 is 0. The highest BCUT2D eigenvalue weighted by atomic mass is 16.2. The molecule has 6 heteroatoms. The zero-order chi connectivity index (χ0) is 16.4. The average molecular weight is 318 g/mol. The zero-order valence-corrected chi connectivity index (χ0v) is 14.0. The zero-order valence-electron chi connectivity index (χ0n) is 14.0. The van der Waals surface area contributed by atoms with E-state index in [-0.39, 0.29) is 17.4 Å². The summed E-state index contributed by atoms with van der Waals surface area (Å²) in [4.78, 5) is 35.6. The molecule has 0 aliphatic carbocycles. The Kier molecular flexibility index (Phi) is 4.80. The van der Waals surface area contributed by atoms with Crippen LogP contribution in [0.4, 0.5) is 0 Å². The molecule has 2 fully saturated rings. The smallest absolute Gasteiger partial charge is 0.251 e. The molecule has 1 N–H and O–H groups in total. The SMILES string of the molecule is CC(=O)N1CCCC(c2cc(=O)[nH]c(C3CCN(C)CC3)n2)C1. The van der Waals surface area contributed by atoms with Crippen molar-refractivity contribution in [3.05, 3.63) is 27.9 Å². The lowest BCUT2D eigenvalue weighted by atomic mass is 9.93. The number of aromatic amines is 1. The predicted octanol–water partition coefficient (Wildman–Crippen LogP) is 1.30. The summed E-state index contributed by atoms with van der Waals surface area (Å²) in [5.74, 6) is 1.46. The Labute approximate surface area is 136 Å². The van der Waals surface area contributed by atoms with Crippen LogP contribution in [0.15, 0.2) is 10.9 Å². The predicted molar refractivity (Wildman–Crippen MR) is 88.6 cm³/mol. The number of hydrogen-bond acceptors (Lipinski definition) is 4. The maximum absolute atomic E-state index is 12.1. The minimum atomic E-state index is -0.0659. The molecule has 1 aromatic heterocycles. The number of likely N-dealkylation sites (tertiary alicyclic amines) is 2. The number of amides is 1. The number of carbonyl (C=O) groups is 1. The summed E-state index contributed by atoms with van der Waals surface area (Å²) in [5, 5.41) is 0. The number of aromatic nitrogens is 2. The third-order valence-electron chi connectivity index (χ3n) is 5.17. The van der Waals surface area contributed by atoms with Crippen LogP contribution in [0.25, 0.3) is 0 Å². The Hall–Kier alpha value is -1.69. The summed E-state index contributed by atoms with van der Waals surface area (Å²) in [6.07, 6.45) is 4.04. The molecule has 3 heterocycles. The number of hydrogen-bond donors (Lipinski definition) is 1. The fourth-order valence-electron chi connectivity index (χ4n) is 3.69. The Bertz CT molecular complexity index is 619. The highest BCUT2D eigenvalue weighted by molar-refractivity contribution is 5.73. The lowest BCUT2D eigenvalue weighted by molar-refractivity contribution is -0.130. The van der Waals surface area contributed by atoms with E-state index >= 15 is 0 Å². The number of piperidine rings is 2. The first-order valence-electron chi connectivity index (χ1n) is 8.58. The highest BCUT2D eigenvalue weighted by Crippen LogP contribution is 2.28. The van der Waals surface area contributed by atoms with Crippen LogP contribution < -0.4 is 5.56 Å². The van der Waals surface area contributed by atoms with Crippen LogP contribution in [0.5, 0.6) is 0 Å². The molecule has 0 radical (unpaired) electrons. The van der Waals surface area contributed by atoms with Crippen molar-refractivity contribution in [2.24, 2.45) is 0 Å². The van der Waals surface area contributed by atoms with Crippen LogP contribution in [0.1, 0.15) is 56.0 Å². The Balaban J connectivity index is 1.80. The van der Waals surface area contributed by atoms with Crippen molar-refractivity contribution in [1.29, 1.82) is 0 Å². The molecule has 1 unspecified atom stereocenters. The van der Waals surface area contributed by atoms with E-state index in [2.05, 4.69) is 16.9 Å². The van der Waals surface area contributed by atoms with Crippen molar-refractivity contribution in [2.45, 2.75) is 44.4 Å². The van der Waals surface area contributed by atoms with Gasteiger partial charge in [-0.1, -0.05) is 0 Å². The van der Waals surface area contributed by atoms with Gasteiger partial charge in [-0.15, -0.1) is 0 Å². The first-order valence-corrected chi connectivity index (χ1v) is 8.58. The number of carbonyl (C=O) groups excluding carboxylic acids is 1. The molecule has 1 atom stereocenters. The Morgan fingerprint density at radius 2 is 1.96 bits per heavy atom. The molecule has 23 heavy (non-hydrogen) atoms. The first-order chi connectivity index (χ1) is 11.0. The van der Waals surface area contributed by atoms with E-state index in [9.17, 15) is 9.59 Å². The van der Waals surface area contributed by atoms with Crippen LogP contribution in [-0.4, -0.2) is 58.9 Å². The van der Waals surface area contributed by atoms with Gasteiger partial charge in [-0.05, 0) is 45.8 Å². The van der Waals surface area contributed by atoms with Crippen LogP contribution in [0.3, 0.4) is 0 Å². The van der Waals surface area contributed by atoms with Gasteiger partial charge in [-0.2, -0.15) is 0 Å². The average Bonchev–Trinajstić information content (AvgIpc) is 2.55. The minimum absolute atomic E-state index is 0.0659. The van der Waals surface area contributed by atoms with Gasteiger partial charge in [0.25, 0.3) is 5.56 Å². The molecule has 2 aliphatic heterocycles. The van der Waals surface area contributed by atoms with E-state index in [0.29, 0.717) is 12.5 Å². The fraction of sp³-hybridized carbons (Fsp3) is 0.706. The quantitative estimate of drug-likeness (QED) is 0.892. The van der Waals surface area contributed by atoms with Gasteiger partial charge in [-0.3, -0.25) is 9.59 Å². The van der Waals surface area contributed by atoms with Gasteiger partial charge < -0.3 is 14.8 Å². The lowest BCUT2D eigenvalue weighted by Crippen LogP contribution is -2.38. The topological polar surface area (TPSA) is 69.3 Å². The largest absolute Gasteiger partial charge is 0.342 e. The van der Waals surface area contributed by atoms with Gasteiger partial charge in [0, 0.05) is 37.9 Å². The van der Waals surface area contributed by atoms with Crippen molar-refractivity contribution in [3.63, 3.8) is 0 Å². The van der Waals surface area contributed by atoms with Gasteiger partial charge >= 0.3 is 0 Å². The molecule has 3 rings (SSSR count). The molecule has 126 valence electrons. The molecular weight excluding hydrogens is 292 g/mol. The van der Waals surface area contributed by atoms with E-state index in [4.69, 9.17) is 4.98 Å². The minimum Gasteiger partial charge on any atom is -0.342 e. The van der Waals surface area contributed by atoms with Gasteiger partial charge in [0.2, 0.25) is 5.91 Å². The van der Waals surface area contributed by atoms with Crippen molar-refractivity contribution in [1.82, 2.24) is 19.8 Å². The Morgan fingerprint density at radius 1 is 1.22 bits per heavy atom. The Morgan fingerprint density at radius 3 is 2.65 bits per heavy atom. The molecule has 1 aromatic rings. The molecule has 2 saturated heterocycles. The molecular formula is C17H26N4O2. The molecule has 6 nitrogen and oxygen atoms in total. The highest BCUT2D eigenvalue weighted by Gasteiger charge is 2.26. The van der Waals surface area contributed by atoms with E-state index in [0.717, 1.165) is 56.8 Å². The number of nitrogens with one attached hydrogen (secondary N) is 1. The summed E-state index contributed by atoms with van der Waals surface area (Å²) in [5.41, 5.74) is 0.789. The van der Waals surface area contributed by atoms with E-state index < -0.39 is 0 Å². The van der Waals surface area contributed by atoms with Crippen LogP contribution in [0.2, 0.25) is 0 Å². The summed E-state index contributed by atoms with van der Waals surface area (Å²) in [6, 6.07) is 1.62. The van der Waals surface area contributed by atoms with Crippen molar-refractivity contribution < 1.29 is 4.79 Å². The number of rotatable bonds is 2. The van der Waals surface area contributed by atoms with E-state index in [1.165, 1.54) is 0 Å². The molecule has 0 aromatic carbocycles. The molecule has 0 saturated carbocycles. The monoisotopic (exact) mass is 318 g/mol. The molecule has 1 amide bonds. The van der Waals surface area contributed by atoms with Gasteiger partial charge in [0.1, 0.15) is 5.82 Å². The maximum Gasteiger partial charge on any atom is 0.251 e. The van der Waals surface area contributed by atoms with E-state index in [1.54, 1.807) is 13.0 Å². The number of nitrogens with zero attached hydrogens (tertiary/aromatic N) is 3. The molecule has 0 bridgehead atoms. The van der Waals surface area contributed by atoms with Crippen molar-refractivity contribution in [2.75, 3.05) is 33.2 Å². The van der Waals surface area contributed by atoms with Crippen LogP contribution >= 0.6 is 0 Å². The molecule has 2 aliphatic rings. The third kappa shape index (κ3) is 3.80. The lowest BCUT2D eigenvalue weighted by Gasteiger charge is -2.32. The van der Waals surface area contributed by atoms with Gasteiger partial charge in [-0.25, -0.2) is 4.98 Å². The van der Waals surface area contributed by atoms with Crippen LogP contribution in [0, 0.1) is 0 Å². The van der Waals surface area contributed by atoms with Crippen molar-refractivity contribution in [3.8, 4) is 0 Å². The second kappa shape index (κ2) is 6.83. The summed E-state index contributed by atoms with van der Waals surface area (Å²) in [6.45, 7) is 5.19. The normalized spacial score (nSPS) is 23.9. The first kappa shape index (κ1) is 16.2. The second-order valence-electron chi connectivity index (χ2n) is 6.94. The third-order valence-corrected chi connectivity index (χ3v) is 5.17. The second-order valence-corrected chi connectivity index (χ2v) is 6.94. The number of H-pyrrole nitrogens is 1.